The molecule has 3 unspecified atom stereocenters. The van der Waals surface area contributed by atoms with Crippen molar-refractivity contribution in [2.75, 3.05) is 13.7 Å². The minimum Gasteiger partial charge on any atom is -0.507 e. The Kier molecular flexibility index (Phi) is 8.30. The van der Waals surface area contributed by atoms with E-state index in [1.165, 1.54) is 20.1 Å². The summed E-state index contributed by atoms with van der Waals surface area (Å²) < 4.78 is 33.5. The minimum absolute atomic E-state index is 0.0424. The highest BCUT2D eigenvalue weighted by atomic mass is 16.8. The van der Waals surface area contributed by atoms with Crippen molar-refractivity contribution in [1.29, 1.82) is 0 Å². The van der Waals surface area contributed by atoms with Crippen molar-refractivity contribution >= 4 is 11.0 Å². The third kappa shape index (κ3) is 5.39. The number of phenols is 4. The van der Waals surface area contributed by atoms with Crippen LogP contribution in [0.4, 0.5) is 0 Å². The number of ether oxygens (including phenoxy) is 5. The van der Waals surface area contributed by atoms with E-state index in [0.29, 0.717) is 0 Å². The topological polar surface area (TPSA) is 258 Å². The van der Waals surface area contributed by atoms with Crippen LogP contribution >= 0.6 is 0 Å². The van der Waals surface area contributed by atoms with Crippen LogP contribution in [0.15, 0.2) is 33.5 Å². The van der Waals surface area contributed by atoms with Crippen LogP contribution in [0.25, 0.3) is 22.3 Å². The highest BCUT2D eigenvalue weighted by molar-refractivity contribution is 5.93. The molecule has 16 heteroatoms. The lowest BCUT2D eigenvalue weighted by Gasteiger charge is -2.44. The summed E-state index contributed by atoms with van der Waals surface area (Å²) in [6, 6.07) is 4.19. The standard InChI is InChI=1S/C27H30O16/c1-8-16(33)19(36)25(43-26-20(37)17(34)14(32)7-39-26)27(40-8)42-24-18(35)15-12(30)6-13(31)22(38-2)23(15)41-21(24)9-3-4-10(28)11(29)5-9/h3-6,8,14,16-17,19-20,25-34,36-37H,7H2,1-2H3/t8?,14-,16+,17+,19?,20?,25+,26+,27+/m1/s1. The minimum atomic E-state index is -1.80. The monoisotopic (exact) mass is 610 g/mol. The van der Waals surface area contributed by atoms with Crippen LogP contribution in [-0.4, -0.2) is 115 Å². The molecular weight excluding hydrogens is 580 g/mol. The molecule has 43 heavy (non-hydrogen) atoms. The summed E-state index contributed by atoms with van der Waals surface area (Å²) in [5, 5.41) is 91.9. The van der Waals surface area contributed by atoms with Gasteiger partial charge in [-0.25, -0.2) is 0 Å². The third-order valence-electron chi connectivity index (χ3n) is 7.24. The van der Waals surface area contributed by atoms with Gasteiger partial charge in [0.2, 0.25) is 23.2 Å². The van der Waals surface area contributed by atoms with Gasteiger partial charge >= 0.3 is 0 Å². The van der Waals surface area contributed by atoms with Crippen molar-refractivity contribution in [1.82, 2.24) is 0 Å². The van der Waals surface area contributed by atoms with E-state index in [-0.39, 0.29) is 11.3 Å². The molecule has 9 atom stereocenters. The molecule has 0 amide bonds. The molecule has 5 rings (SSSR count). The van der Waals surface area contributed by atoms with E-state index in [0.717, 1.165) is 18.2 Å². The van der Waals surface area contributed by atoms with Crippen LogP contribution < -0.4 is 14.9 Å². The van der Waals surface area contributed by atoms with E-state index in [2.05, 4.69) is 0 Å². The number of rotatable bonds is 6. The summed E-state index contributed by atoms with van der Waals surface area (Å²) in [6.45, 7) is 0.932. The van der Waals surface area contributed by atoms with E-state index in [1.54, 1.807) is 0 Å². The number of aliphatic hydroxyl groups excluding tert-OH is 5. The first kappa shape index (κ1) is 30.6. The first-order valence-corrected chi connectivity index (χ1v) is 13.0. The summed E-state index contributed by atoms with van der Waals surface area (Å²) in [7, 11) is 1.17. The molecule has 1 aromatic heterocycles. The molecule has 2 aliphatic heterocycles. The second-order valence-corrected chi connectivity index (χ2v) is 10.1. The Morgan fingerprint density at radius 1 is 0.814 bits per heavy atom. The molecule has 0 aliphatic carbocycles. The zero-order valence-corrected chi connectivity index (χ0v) is 22.6. The third-order valence-corrected chi connectivity index (χ3v) is 7.24. The van der Waals surface area contributed by atoms with E-state index < -0.39 is 113 Å². The van der Waals surface area contributed by atoms with Gasteiger partial charge in [-0.3, -0.25) is 4.79 Å². The summed E-state index contributed by atoms with van der Waals surface area (Å²) in [5.74, 6) is -3.82. The molecule has 16 nitrogen and oxygen atoms in total. The second-order valence-electron chi connectivity index (χ2n) is 10.1. The molecule has 2 saturated heterocycles. The maximum absolute atomic E-state index is 13.9. The molecule has 2 aliphatic rings. The van der Waals surface area contributed by atoms with Gasteiger partial charge in [0.1, 0.15) is 41.7 Å². The van der Waals surface area contributed by atoms with Gasteiger partial charge in [-0.2, -0.15) is 0 Å². The molecule has 2 aromatic carbocycles. The number of benzene rings is 2. The maximum atomic E-state index is 13.9. The Bertz CT molecular complexity index is 1550. The van der Waals surface area contributed by atoms with E-state index >= 15 is 0 Å². The van der Waals surface area contributed by atoms with Crippen LogP contribution in [0.2, 0.25) is 0 Å². The SMILES string of the molecule is COc1c(O)cc(O)c2c(=O)c(O[C@@H]3OC(C)[C@H](O)C(O)[C@@H]3O[C@@H]3OC[C@@H](O)[C@H](O)C3O)c(-c3ccc(O)c(O)c3)oc12. The van der Waals surface area contributed by atoms with Gasteiger partial charge in [0, 0.05) is 11.6 Å². The normalized spacial score (nSPS) is 31.2. The number of hydrogen-bond acceptors (Lipinski definition) is 16. The first-order chi connectivity index (χ1) is 20.3. The van der Waals surface area contributed by atoms with Crippen molar-refractivity contribution in [3.05, 3.63) is 34.5 Å². The molecule has 3 aromatic rings. The van der Waals surface area contributed by atoms with Gasteiger partial charge in [0.15, 0.2) is 41.0 Å². The summed E-state index contributed by atoms with van der Waals surface area (Å²) in [6.07, 6.45) is -14.4. The fraction of sp³-hybridized carbons (Fsp3) is 0.444. The number of methoxy groups -OCH3 is 1. The largest absolute Gasteiger partial charge is 0.507 e. The van der Waals surface area contributed by atoms with Crippen LogP contribution in [0.1, 0.15) is 6.92 Å². The van der Waals surface area contributed by atoms with Crippen LogP contribution in [0, 0.1) is 0 Å². The average molecular weight is 611 g/mol. The van der Waals surface area contributed by atoms with Crippen molar-refractivity contribution in [2.45, 2.75) is 62.2 Å². The quantitative estimate of drug-likeness (QED) is 0.151. The van der Waals surface area contributed by atoms with Crippen molar-refractivity contribution < 1.29 is 74.1 Å². The Hall–Kier alpha value is -3.87. The van der Waals surface area contributed by atoms with Gasteiger partial charge in [0.25, 0.3) is 0 Å². The lowest BCUT2D eigenvalue weighted by atomic mass is 9.99. The predicted molar refractivity (Wildman–Crippen MR) is 141 cm³/mol. The molecule has 3 heterocycles. The van der Waals surface area contributed by atoms with Gasteiger partial charge in [0.05, 0.1) is 19.8 Å². The van der Waals surface area contributed by atoms with Crippen molar-refractivity contribution in [3.8, 4) is 45.8 Å². The predicted octanol–water partition coefficient (Wildman–Crippen LogP) is -1.04. The van der Waals surface area contributed by atoms with Crippen molar-refractivity contribution in [2.24, 2.45) is 0 Å². The summed E-state index contributed by atoms with van der Waals surface area (Å²) >= 11 is 0. The second kappa shape index (κ2) is 11.7. The number of aliphatic hydroxyl groups is 5. The molecule has 0 spiro atoms. The van der Waals surface area contributed by atoms with Crippen LogP contribution in [0.5, 0.6) is 34.5 Å². The summed E-state index contributed by atoms with van der Waals surface area (Å²) in [5.41, 5.74) is -1.49. The Labute approximate surface area is 241 Å². The summed E-state index contributed by atoms with van der Waals surface area (Å²) in [4.78, 5) is 13.9. The molecular formula is C27H30O16. The van der Waals surface area contributed by atoms with E-state index in [1.807, 2.05) is 0 Å². The molecule has 0 saturated carbocycles. The maximum Gasteiger partial charge on any atom is 0.239 e. The average Bonchev–Trinajstić information content (AvgIpc) is 2.96. The van der Waals surface area contributed by atoms with Crippen LogP contribution in [0.3, 0.4) is 0 Å². The molecule has 9 N–H and O–H groups in total. The number of fused-ring (bicyclic) bond motifs is 1. The number of aromatic hydroxyl groups is 4. The van der Waals surface area contributed by atoms with Crippen LogP contribution in [-0.2, 0) is 14.2 Å². The van der Waals surface area contributed by atoms with E-state index in [4.69, 9.17) is 28.1 Å². The lowest BCUT2D eigenvalue weighted by molar-refractivity contribution is -0.341. The molecule has 2 fully saturated rings. The highest BCUT2D eigenvalue weighted by Crippen LogP contribution is 2.44. The Balaban J connectivity index is 1.65. The van der Waals surface area contributed by atoms with Gasteiger partial charge in [-0.15, -0.1) is 0 Å². The molecule has 234 valence electrons. The number of phenolic OH excluding ortho intramolecular Hbond substituents is 4. The molecule has 0 radical (unpaired) electrons. The van der Waals surface area contributed by atoms with E-state index in [9.17, 15) is 50.8 Å². The van der Waals surface area contributed by atoms with Gasteiger partial charge in [-0.05, 0) is 25.1 Å². The first-order valence-electron chi connectivity index (χ1n) is 13.0. The molecule has 0 bridgehead atoms. The smallest absolute Gasteiger partial charge is 0.239 e. The Morgan fingerprint density at radius 2 is 1.53 bits per heavy atom. The fourth-order valence-corrected chi connectivity index (χ4v) is 4.87. The van der Waals surface area contributed by atoms with Gasteiger partial charge < -0.3 is 74.1 Å². The van der Waals surface area contributed by atoms with Gasteiger partial charge in [-0.1, -0.05) is 0 Å². The fourth-order valence-electron chi connectivity index (χ4n) is 4.87. The van der Waals surface area contributed by atoms with Crippen molar-refractivity contribution in [3.63, 3.8) is 0 Å². The highest BCUT2D eigenvalue weighted by Gasteiger charge is 2.49. The lowest BCUT2D eigenvalue weighted by Crippen LogP contribution is -2.62. The number of hydrogen-bond donors (Lipinski definition) is 9. The Morgan fingerprint density at radius 3 is 2.21 bits per heavy atom. The zero-order valence-electron chi connectivity index (χ0n) is 22.6. The zero-order chi connectivity index (χ0) is 31.3.